The van der Waals surface area contributed by atoms with Crippen LogP contribution in [0.25, 0.3) is 22.3 Å². The Labute approximate surface area is 98.1 Å². The third-order valence-corrected chi connectivity index (χ3v) is 2.55. The van der Waals surface area contributed by atoms with Crippen LogP contribution in [0.3, 0.4) is 0 Å². The maximum Gasteiger partial charge on any atom is 0.193 e. The van der Waals surface area contributed by atoms with Crippen LogP contribution in [-0.4, -0.2) is 0 Å². The lowest BCUT2D eigenvalue weighted by Crippen LogP contribution is -2.00. The molecule has 1 heterocycles. The van der Waals surface area contributed by atoms with Crippen LogP contribution in [0, 0.1) is 12.1 Å². The first-order valence-electron chi connectivity index (χ1n) is 5.26. The molecule has 1 aromatic heterocycles. The fourth-order valence-corrected chi connectivity index (χ4v) is 1.73. The number of hydrogen-bond donors (Lipinski definition) is 0. The number of fused-ring (bicyclic) bond motifs is 1. The minimum absolute atomic E-state index is 0.0842. The molecule has 0 fully saturated rings. The Kier molecular flexibility index (Phi) is 2.26. The van der Waals surface area contributed by atoms with Crippen molar-refractivity contribution in [3.05, 3.63) is 70.9 Å². The number of rotatable bonds is 1. The van der Waals surface area contributed by atoms with E-state index < -0.39 is 0 Å². The van der Waals surface area contributed by atoms with E-state index in [1.807, 2.05) is 30.3 Å². The van der Waals surface area contributed by atoms with Crippen molar-refractivity contribution in [1.29, 1.82) is 0 Å². The molecule has 0 amide bonds. The second kappa shape index (κ2) is 3.91. The van der Waals surface area contributed by atoms with Crippen molar-refractivity contribution in [2.75, 3.05) is 0 Å². The Balaban J connectivity index is 2.30. The van der Waals surface area contributed by atoms with Crippen molar-refractivity contribution >= 4 is 11.0 Å². The zero-order chi connectivity index (χ0) is 11.7. The summed E-state index contributed by atoms with van der Waals surface area (Å²) in [6.07, 6.45) is 0. The molecule has 0 atom stereocenters. The summed E-state index contributed by atoms with van der Waals surface area (Å²) in [7, 11) is 0. The van der Waals surface area contributed by atoms with Gasteiger partial charge in [0.2, 0.25) is 0 Å². The van der Waals surface area contributed by atoms with Crippen LogP contribution in [0.4, 0.5) is 0 Å². The van der Waals surface area contributed by atoms with Crippen LogP contribution in [0.2, 0.25) is 0 Å². The van der Waals surface area contributed by atoms with Gasteiger partial charge < -0.3 is 4.42 Å². The van der Waals surface area contributed by atoms with Crippen molar-refractivity contribution in [2.24, 2.45) is 0 Å². The Morgan fingerprint density at radius 2 is 1.94 bits per heavy atom. The zero-order valence-corrected chi connectivity index (χ0v) is 8.94. The topological polar surface area (TPSA) is 30.2 Å². The first kappa shape index (κ1) is 9.85. The molecule has 0 saturated carbocycles. The average molecular weight is 220 g/mol. The molecule has 2 radical (unpaired) electrons. The largest absolute Gasteiger partial charge is 0.456 e. The molecule has 0 aliphatic rings. The molecule has 3 aromatic rings. The van der Waals surface area contributed by atoms with Gasteiger partial charge in [-0.05, 0) is 24.3 Å². The highest BCUT2D eigenvalue weighted by atomic mass is 16.3. The summed E-state index contributed by atoms with van der Waals surface area (Å²) in [6, 6.07) is 20.0. The highest BCUT2D eigenvalue weighted by Gasteiger charge is 2.05. The summed E-state index contributed by atoms with van der Waals surface area (Å²) in [5.74, 6) is 0.566. The minimum Gasteiger partial charge on any atom is -0.456 e. The van der Waals surface area contributed by atoms with E-state index in [2.05, 4.69) is 12.1 Å². The van der Waals surface area contributed by atoms with E-state index in [1.165, 1.54) is 6.07 Å². The van der Waals surface area contributed by atoms with Crippen molar-refractivity contribution in [3.63, 3.8) is 0 Å². The van der Waals surface area contributed by atoms with Crippen LogP contribution < -0.4 is 5.43 Å². The summed E-state index contributed by atoms with van der Waals surface area (Å²) in [5.41, 5.74) is 1.31. The molecule has 0 bridgehead atoms. The molecule has 2 heteroatoms. The van der Waals surface area contributed by atoms with Gasteiger partial charge in [0.15, 0.2) is 5.43 Å². The minimum atomic E-state index is -0.0842. The van der Waals surface area contributed by atoms with Gasteiger partial charge in [0, 0.05) is 11.6 Å². The quantitative estimate of drug-likeness (QED) is 0.631. The molecule has 3 rings (SSSR count). The van der Waals surface area contributed by atoms with Gasteiger partial charge in [-0.3, -0.25) is 4.79 Å². The van der Waals surface area contributed by atoms with E-state index >= 15 is 0 Å². The van der Waals surface area contributed by atoms with Gasteiger partial charge >= 0.3 is 0 Å². The van der Waals surface area contributed by atoms with Crippen LogP contribution in [0.1, 0.15) is 0 Å². The lowest BCUT2D eigenvalue weighted by Gasteiger charge is -2.01. The molecule has 80 valence electrons. The number of hydrogen-bond acceptors (Lipinski definition) is 2. The van der Waals surface area contributed by atoms with Gasteiger partial charge in [0.05, 0.1) is 5.39 Å². The van der Waals surface area contributed by atoms with Crippen LogP contribution in [-0.2, 0) is 0 Å². The molecular formula is C15H8O2. The second-order valence-corrected chi connectivity index (χ2v) is 3.68. The van der Waals surface area contributed by atoms with Gasteiger partial charge in [0.1, 0.15) is 11.3 Å². The summed E-state index contributed by atoms with van der Waals surface area (Å²) in [5, 5.41) is 0.462. The maximum absolute atomic E-state index is 11.9. The molecular weight excluding hydrogens is 212 g/mol. The van der Waals surface area contributed by atoms with E-state index in [9.17, 15) is 4.79 Å². The summed E-state index contributed by atoms with van der Waals surface area (Å²) in [6.45, 7) is 0. The molecule has 0 aliphatic carbocycles. The smallest absolute Gasteiger partial charge is 0.193 e. The Bertz CT molecular complexity index is 712. The first-order valence-corrected chi connectivity index (χ1v) is 5.26. The second-order valence-electron chi connectivity index (χ2n) is 3.68. The highest BCUT2D eigenvalue weighted by Crippen LogP contribution is 2.20. The standard InChI is InChI=1S/C15H8O2/c16-13-10-15(11-6-2-1-3-7-11)17-14-9-5-4-8-12(13)14/h1-4,6-7,9-10H. The molecule has 0 unspecified atom stereocenters. The SMILES string of the molecule is O=c1cc(-c2ccccc2)oc2c[c]c[c]c12. The van der Waals surface area contributed by atoms with Crippen molar-refractivity contribution in [2.45, 2.75) is 0 Å². The summed E-state index contributed by atoms with van der Waals surface area (Å²) >= 11 is 0. The maximum atomic E-state index is 11.9. The van der Waals surface area contributed by atoms with E-state index in [4.69, 9.17) is 4.42 Å². The fourth-order valence-electron chi connectivity index (χ4n) is 1.73. The predicted octanol–water partition coefficient (Wildman–Crippen LogP) is 3.06. The van der Waals surface area contributed by atoms with Crippen LogP contribution in [0.15, 0.2) is 57.7 Å². The number of benzene rings is 2. The summed E-state index contributed by atoms with van der Waals surface area (Å²) in [4.78, 5) is 11.9. The van der Waals surface area contributed by atoms with Gasteiger partial charge in [-0.25, -0.2) is 0 Å². The lowest BCUT2D eigenvalue weighted by atomic mass is 10.1. The van der Waals surface area contributed by atoms with Crippen molar-refractivity contribution in [1.82, 2.24) is 0 Å². The van der Waals surface area contributed by atoms with Gasteiger partial charge in [-0.1, -0.05) is 30.3 Å². The van der Waals surface area contributed by atoms with E-state index in [0.29, 0.717) is 16.7 Å². The van der Waals surface area contributed by atoms with Crippen LogP contribution in [0.5, 0.6) is 0 Å². The Morgan fingerprint density at radius 3 is 2.76 bits per heavy atom. The average Bonchev–Trinajstić information content (AvgIpc) is 2.40. The normalized spacial score (nSPS) is 10.6. The summed E-state index contributed by atoms with van der Waals surface area (Å²) < 4.78 is 5.67. The molecule has 2 aromatic carbocycles. The molecule has 17 heavy (non-hydrogen) atoms. The fraction of sp³-hybridized carbons (Fsp3) is 0. The Morgan fingerprint density at radius 1 is 1.12 bits per heavy atom. The molecule has 2 nitrogen and oxygen atoms in total. The van der Waals surface area contributed by atoms with E-state index in [-0.39, 0.29) is 5.43 Å². The van der Waals surface area contributed by atoms with E-state index in [0.717, 1.165) is 5.56 Å². The molecule has 0 spiro atoms. The highest BCUT2D eigenvalue weighted by molar-refractivity contribution is 5.77. The first-order chi connectivity index (χ1) is 8.34. The van der Waals surface area contributed by atoms with Gasteiger partial charge in [0.25, 0.3) is 0 Å². The lowest BCUT2D eigenvalue weighted by molar-refractivity contribution is 0.619. The zero-order valence-electron chi connectivity index (χ0n) is 8.94. The monoisotopic (exact) mass is 220 g/mol. The van der Waals surface area contributed by atoms with Crippen molar-refractivity contribution < 1.29 is 4.42 Å². The van der Waals surface area contributed by atoms with Crippen molar-refractivity contribution in [3.8, 4) is 11.3 Å². The molecule has 0 N–H and O–H groups in total. The van der Waals surface area contributed by atoms with Gasteiger partial charge in [-0.2, -0.15) is 0 Å². The third-order valence-electron chi connectivity index (χ3n) is 2.55. The molecule has 0 aliphatic heterocycles. The Hall–Kier alpha value is -2.35. The van der Waals surface area contributed by atoms with Crippen LogP contribution >= 0.6 is 0 Å². The third kappa shape index (κ3) is 1.74. The van der Waals surface area contributed by atoms with Gasteiger partial charge in [-0.15, -0.1) is 0 Å². The molecule has 0 saturated heterocycles. The predicted molar refractivity (Wildman–Crippen MR) is 65.6 cm³/mol. The van der Waals surface area contributed by atoms with E-state index in [1.54, 1.807) is 12.1 Å².